The van der Waals surface area contributed by atoms with E-state index >= 15 is 0 Å². The number of nitrogen functional groups attached to an aromatic ring is 1. The summed E-state index contributed by atoms with van der Waals surface area (Å²) in [6, 6.07) is 6.56. The normalized spacial score (nSPS) is 10.3. The van der Waals surface area contributed by atoms with Crippen molar-refractivity contribution in [3.63, 3.8) is 0 Å². The van der Waals surface area contributed by atoms with Crippen molar-refractivity contribution in [3.05, 3.63) is 45.0 Å². The molecule has 0 saturated carbocycles. The number of halogens is 2. The second-order valence-electron chi connectivity index (χ2n) is 3.86. The van der Waals surface area contributed by atoms with Crippen LogP contribution in [0.1, 0.15) is 15.9 Å². The number of anilines is 2. The fourth-order valence-electron chi connectivity index (χ4n) is 1.50. The van der Waals surface area contributed by atoms with Gasteiger partial charge in [-0.1, -0.05) is 27.5 Å². The van der Waals surface area contributed by atoms with E-state index in [1.54, 1.807) is 31.2 Å². The highest BCUT2D eigenvalue weighted by Gasteiger charge is 2.13. The van der Waals surface area contributed by atoms with E-state index in [2.05, 4.69) is 31.4 Å². The van der Waals surface area contributed by atoms with E-state index in [1.165, 1.54) is 0 Å². The summed E-state index contributed by atoms with van der Waals surface area (Å²) >= 11 is 8.93. The zero-order valence-electron chi connectivity index (χ0n) is 9.95. The van der Waals surface area contributed by atoms with Gasteiger partial charge < -0.3 is 11.1 Å². The highest BCUT2D eigenvalue weighted by Crippen LogP contribution is 2.23. The first-order valence-electron chi connectivity index (χ1n) is 5.33. The molecule has 1 aromatic carbocycles. The Labute approximate surface area is 123 Å². The van der Waals surface area contributed by atoms with E-state index in [-0.39, 0.29) is 11.1 Å². The summed E-state index contributed by atoms with van der Waals surface area (Å²) < 4.78 is 0.739. The average molecular weight is 342 g/mol. The van der Waals surface area contributed by atoms with Crippen molar-refractivity contribution < 1.29 is 4.79 Å². The van der Waals surface area contributed by atoms with Gasteiger partial charge in [0.2, 0.25) is 0 Å². The second kappa shape index (κ2) is 5.54. The zero-order valence-corrected chi connectivity index (χ0v) is 12.3. The van der Waals surface area contributed by atoms with E-state index in [0.29, 0.717) is 22.6 Å². The summed E-state index contributed by atoms with van der Waals surface area (Å²) in [7, 11) is 0. The number of nitrogens with two attached hydrogens (primary N) is 1. The molecule has 0 spiro atoms. The molecule has 0 saturated heterocycles. The quantitative estimate of drug-likeness (QED) is 0.823. The van der Waals surface area contributed by atoms with Crippen LogP contribution >= 0.6 is 27.5 Å². The van der Waals surface area contributed by atoms with Crippen LogP contribution in [0.15, 0.2) is 28.7 Å². The van der Waals surface area contributed by atoms with Crippen molar-refractivity contribution in [1.29, 1.82) is 0 Å². The molecule has 0 atom stereocenters. The van der Waals surface area contributed by atoms with Gasteiger partial charge >= 0.3 is 0 Å². The van der Waals surface area contributed by atoms with Crippen molar-refractivity contribution in [2.45, 2.75) is 6.92 Å². The maximum atomic E-state index is 12.1. The minimum atomic E-state index is -0.304. The molecule has 0 radical (unpaired) electrons. The first-order valence-corrected chi connectivity index (χ1v) is 6.50. The summed E-state index contributed by atoms with van der Waals surface area (Å²) in [4.78, 5) is 12.1. The molecule has 0 bridgehead atoms. The molecular formula is C12H10BrClN4O. The summed E-state index contributed by atoms with van der Waals surface area (Å²) in [6.07, 6.45) is 0. The number of hydrogen-bond donors (Lipinski definition) is 2. The Bertz CT molecular complexity index is 630. The van der Waals surface area contributed by atoms with E-state index in [4.69, 9.17) is 17.3 Å². The molecule has 98 valence electrons. The number of carbonyl (C=O) groups excluding carboxylic acids is 1. The van der Waals surface area contributed by atoms with Gasteiger partial charge in [-0.2, -0.15) is 0 Å². The predicted octanol–water partition coefficient (Wildman–Crippen LogP) is 3.04. The molecule has 0 aliphatic carbocycles. The van der Waals surface area contributed by atoms with Crippen LogP contribution in [0.5, 0.6) is 0 Å². The number of benzene rings is 1. The second-order valence-corrected chi connectivity index (χ2v) is 5.17. The molecule has 2 rings (SSSR count). The molecule has 0 aliphatic heterocycles. The molecule has 2 aromatic rings. The lowest BCUT2D eigenvalue weighted by Gasteiger charge is -2.09. The third-order valence-electron chi connectivity index (χ3n) is 2.53. The number of nitrogens with zero attached hydrogens (tertiary/aromatic N) is 2. The largest absolute Gasteiger partial charge is 0.398 e. The van der Waals surface area contributed by atoms with Crippen LogP contribution in [-0.2, 0) is 0 Å². The van der Waals surface area contributed by atoms with Crippen LogP contribution in [0.2, 0.25) is 5.15 Å². The lowest BCUT2D eigenvalue weighted by molar-refractivity contribution is 0.102. The molecule has 0 aliphatic rings. The SMILES string of the molecule is Cc1c(N)cc(Br)cc1C(=O)Nc1ccc(Cl)nn1. The van der Waals surface area contributed by atoms with Crippen LogP contribution in [0.4, 0.5) is 11.5 Å². The zero-order chi connectivity index (χ0) is 14.0. The smallest absolute Gasteiger partial charge is 0.257 e. The van der Waals surface area contributed by atoms with E-state index < -0.39 is 0 Å². The number of rotatable bonds is 2. The summed E-state index contributed by atoms with van der Waals surface area (Å²) in [6.45, 7) is 1.78. The summed E-state index contributed by atoms with van der Waals surface area (Å²) in [5, 5.41) is 10.3. The minimum Gasteiger partial charge on any atom is -0.398 e. The Balaban J connectivity index is 2.27. The summed E-state index contributed by atoms with van der Waals surface area (Å²) in [5.41, 5.74) is 7.55. The van der Waals surface area contributed by atoms with Gasteiger partial charge in [0.05, 0.1) is 0 Å². The van der Waals surface area contributed by atoms with Crippen molar-refractivity contribution >= 4 is 44.9 Å². The standard InChI is InChI=1S/C12H10BrClN4O/c1-6-8(4-7(13)5-9(6)15)12(19)16-11-3-2-10(14)17-18-11/h2-5H,15H2,1H3,(H,16,18,19). The molecule has 3 N–H and O–H groups in total. The monoisotopic (exact) mass is 340 g/mol. The predicted molar refractivity (Wildman–Crippen MR) is 78.3 cm³/mol. The van der Waals surface area contributed by atoms with Gasteiger partial charge in [-0.15, -0.1) is 10.2 Å². The van der Waals surface area contributed by atoms with Gasteiger partial charge in [-0.3, -0.25) is 4.79 Å². The molecule has 0 unspecified atom stereocenters. The molecular weight excluding hydrogens is 332 g/mol. The molecule has 1 aromatic heterocycles. The number of aromatic nitrogens is 2. The van der Waals surface area contributed by atoms with Crippen LogP contribution in [0, 0.1) is 6.92 Å². The Hall–Kier alpha value is -1.66. The van der Waals surface area contributed by atoms with Gasteiger partial charge in [0.1, 0.15) is 0 Å². The van der Waals surface area contributed by atoms with Crippen molar-refractivity contribution in [3.8, 4) is 0 Å². The number of amides is 1. The van der Waals surface area contributed by atoms with Crippen LogP contribution < -0.4 is 11.1 Å². The number of carbonyl (C=O) groups is 1. The van der Waals surface area contributed by atoms with Crippen LogP contribution in [-0.4, -0.2) is 16.1 Å². The lowest BCUT2D eigenvalue weighted by atomic mass is 10.1. The van der Waals surface area contributed by atoms with Gasteiger partial charge in [-0.25, -0.2) is 0 Å². The van der Waals surface area contributed by atoms with Gasteiger partial charge in [0.15, 0.2) is 11.0 Å². The lowest BCUT2D eigenvalue weighted by Crippen LogP contribution is -2.15. The van der Waals surface area contributed by atoms with E-state index in [1.807, 2.05) is 0 Å². The van der Waals surface area contributed by atoms with Crippen molar-refractivity contribution in [1.82, 2.24) is 10.2 Å². The van der Waals surface area contributed by atoms with Gasteiger partial charge in [0, 0.05) is 15.7 Å². The van der Waals surface area contributed by atoms with Gasteiger partial charge in [0.25, 0.3) is 5.91 Å². The van der Waals surface area contributed by atoms with Crippen LogP contribution in [0.25, 0.3) is 0 Å². The Morgan fingerprint density at radius 2 is 2.11 bits per heavy atom. The third kappa shape index (κ3) is 3.21. The first-order chi connectivity index (χ1) is 8.97. The maximum Gasteiger partial charge on any atom is 0.257 e. The highest BCUT2D eigenvalue weighted by molar-refractivity contribution is 9.10. The fourth-order valence-corrected chi connectivity index (χ4v) is 2.08. The van der Waals surface area contributed by atoms with Crippen molar-refractivity contribution in [2.75, 3.05) is 11.1 Å². The fraction of sp³-hybridized carbons (Fsp3) is 0.0833. The van der Waals surface area contributed by atoms with Crippen LogP contribution in [0.3, 0.4) is 0 Å². The Kier molecular flexibility index (Phi) is 4.01. The average Bonchev–Trinajstić information content (AvgIpc) is 2.36. The summed E-state index contributed by atoms with van der Waals surface area (Å²) in [5.74, 6) is 0.0227. The van der Waals surface area contributed by atoms with Gasteiger partial charge in [-0.05, 0) is 36.8 Å². The topological polar surface area (TPSA) is 80.9 Å². The maximum absolute atomic E-state index is 12.1. The molecule has 7 heteroatoms. The Morgan fingerprint density at radius 1 is 1.37 bits per heavy atom. The highest BCUT2D eigenvalue weighted by atomic mass is 79.9. The molecule has 19 heavy (non-hydrogen) atoms. The van der Waals surface area contributed by atoms with E-state index in [0.717, 1.165) is 4.47 Å². The van der Waals surface area contributed by atoms with Crippen molar-refractivity contribution in [2.24, 2.45) is 0 Å². The molecule has 1 amide bonds. The minimum absolute atomic E-state index is 0.265. The third-order valence-corrected chi connectivity index (χ3v) is 3.19. The molecule has 0 fully saturated rings. The first kappa shape index (κ1) is 13.8. The molecule has 1 heterocycles. The molecule has 5 nitrogen and oxygen atoms in total. The van der Waals surface area contributed by atoms with E-state index in [9.17, 15) is 4.79 Å². The number of nitrogens with one attached hydrogen (secondary N) is 1. The Morgan fingerprint density at radius 3 is 2.74 bits per heavy atom. The number of hydrogen-bond acceptors (Lipinski definition) is 4.